The normalized spacial score (nSPS) is 28.3. The largest absolute Gasteiger partial charge is 0.327 e. The van der Waals surface area contributed by atoms with E-state index < -0.39 is 15.8 Å². The molecule has 9 heteroatoms. The first-order valence-electron chi connectivity index (χ1n) is 7.21. The number of sulfonamides is 1. The van der Waals surface area contributed by atoms with Crippen molar-refractivity contribution in [1.82, 2.24) is 4.31 Å². The summed E-state index contributed by atoms with van der Waals surface area (Å²) in [5.41, 5.74) is 6.12. The van der Waals surface area contributed by atoms with Crippen LogP contribution in [0.25, 0.3) is 0 Å². The number of nitrogens with two attached hydrogens (primary N) is 1. The van der Waals surface area contributed by atoms with E-state index in [2.05, 4.69) is 0 Å². The highest BCUT2D eigenvalue weighted by molar-refractivity contribution is 7.89. The summed E-state index contributed by atoms with van der Waals surface area (Å²) in [4.78, 5) is -0.218. The van der Waals surface area contributed by atoms with Gasteiger partial charge in [-0.3, -0.25) is 0 Å². The van der Waals surface area contributed by atoms with E-state index in [1.165, 1.54) is 4.31 Å². The second-order valence-electron chi connectivity index (χ2n) is 6.04. The average Bonchev–Trinajstić information content (AvgIpc) is 2.83. The Morgan fingerprint density at radius 2 is 1.78 bits per heavy atom. The van der Waals surface area contributed by atoms with Gasteiger partial charge in [0.1, 0.15) is 10.7 Å². The van der Waals surface area contributed by atoms with Crippen LogP contribution in [-0.4, -0.2) is 31.9 Å². The standard InChI is InChI=1S/C14H17Cl2FN2O2S.ClH/c15-11-4-9(17)5-12(16)14(11)22(20,21)19-6-8-2-1-3-13(18)10(8)7-19;/h4-5,8,10,13H,1-3,6-7,18H2;1H. The highest BCUT2D eigenvalue weighted by atomic mass is 35.5. The lowest BCUT2D eigenvalue weighted by atomic mass is 9.78. The third-order valence-electron chi connectivity index (χ3n) is 4.68. The fourth-order valence-corrected chi connectivity index (χ4v) is 6.25. The summed E-state index contributed by atoms with van der Waals surface area (Å²) in [7, 11) is -3.85. The third-order valence-corrected chi connectivity index (χ3v) is 7.44. The van der Waals surface area contributed by atoms with Gasteiger partial charge in [0, 0.05) is 19.1 Å². The number of fused-ring (bicyclic) bond motifs is 1. The summed E-state index contributed by atoms with van der Waals surface area (Å²) in [5, 5.41) is -0.381. The maximum Gasteiger partial charge on any atom is 0.246 e. The molecule has 3 unspecified atom stereocenters. The number of rotatable bonds is 2. The molecule has 1 aliphatic heterocycles. The zero-order valence-electron chi connectivity index (χ0n) is 12.2. The monoisotopic (exact) mass is 402 g/mol. The maximum absolute atomic E-state index is 13.3. The fraction of sp³-hybridized carbons (Fsp3) is 0.571. The Labute approximate surface area is 151 Å². The van der Waals surface area contributed by atoms with E-state index in [9.17, 15) is 12.8 Å². The van der Waals surface area contributed by atoms with E-state index in [1.807, 2.05) is 0 Å². The quantitative estimate of drug-likeness (QED) is 0.824. The Bertz CT molecular complexity index is 678. The molecule has 3 atom stereocenters. The van der Waals surface area contributed by atoms with E-state index in [-0.39, 0.29) is 45.2 Å². The van der Waals surface area contributed by atoms with E-state index in [4.69, 9.17) is 28.9 Å². The molecule has 1 saturated heterocycles. The highest BCUT2D eigenvalue weighted by Crippen LogP contribution is 2.40. The Balaban J connectivity index is 0.00000192. The Morgan fingerprint density at radius 3 is 2.35 bits per heavy atom. The Kier molecular flexibility index (Phi) is 5.87. The van der Waals surface area contributed by atoms with E-state index in [1.54, 1.807) is 0 Å². The van der Waals surface area contributed by atoms with Crippen LogP contribution < -0.4 is 5.73 Å². The van der Waals surface area contributed by atoms with Crippen LogP contribution in [0.5, 0.6) is 0 Å². The minimum Gasteiger partial charge on any atom is -0.327 e. The second-order valence-corrected chi connectivity index (χ2v) is 8.73. The van der Waals surface area contributed by atoms with Crippen molar-refractivity contribution in [2.45, 2.75) is 30.2 Å². The summed E-state index contributed by atoms with van der Waals surface area (Å²) < 4.78 is 40.3. The van der Waals surface area contributed by atoms with Crippen LogP contribution in [0.1, 0.15) is 19.3 Å². The van der Waals surface area contributed by atoms with Gasteiger partial charge in [-0.2, -0.15) is 4.31 Å². The number of benzene rings is 1. The van der Waals surface area contributed by atoms with Crippen molar-refractivity contribution in [1.29, 1.82) is 0 Å². The van der Waals surface area contributed by atoms with Crippen LogP contribution in [0.4, 0.5) is 4.39 Å². The van der Waals surface area contributed by atoms with Crippen LogP contribution in [0, 0.1) is 17.7 Å². The predicted octanol–water partition coefficient (Wildman–Crippen LogP) is 3.30. The van der Waals surface area contributed by atoms with Gasteiger partial charge in [-0.1, -0.05) is 29.6 Å². The summed E-state index contributed by atoms with van der Waals surface area (Å²) in [6, 6.07) is 1.96. The van der Waals surface area contributed by atoms with Gasteiger partial charge in [0.05, 0.1) is 10.0 Å². The molecule has 1 aliphatic carbocycles. The van der Waals surface area contributed by atoms with Gasteiger partial charge >= 0.3 is 0 Å². The van der Waals surface area contributed by atoms with Gasteiger partial charge < -0.3 is 5.73 Å². The van der Waals surface area contributed by atoms with Crippen LogP contribution in [0.2, 0.25) is 10.0 Å². The Morgan fingerprint density at radius 1 is 1.17 bits per heavy atom. The first-order valence-corrected chi connectivity index (χ1v) is 9.40. The van der Waals surface area contributed by atoms with E-state index in [0.29, 0.717) is 13.1 Å². The van der Waals surface area contributed by atoms with Crippen LogP contribution in [0.15, 0.2) is 17.0 Å². The van der Waals surface area contributed by atoms with Gasteiger partial charge in [0.25, 0.3) is 0 Å². The smallest absolute Gasteiger partial charge is 0.246 e. The number of hydrogen-bond donors (Lipinski definition) is 1. The number of hydrogen-bond acceptors (Lipinski definition) is 3. The minimum absolute atomic E-state index is 0. The average molecular weight is 404 g/mol. The summed E-state index contributed by atoms with van der Waals surface area (Å²) in [6.07, 6.45) is 2.93. The molecule has 0 amide bonds. The first-order chi connectivity index (χ1) is 10.3. The molecule has 0 bridgehead atoms. The molecule has 130 valence electrons. The summed E-state index contributed by atoms with van der Waals surface area (Å²) in [6.45, 7) is 0.795. The maximum atomic E-state index is 13.3. The molecule has 0 radical (unpaired) electrons. The van der Waals surface area contributed by atoms with Crippen molar-refractivity contribution in [3.63, 3.8) is 0 Å². The molecule has 1 aromatic rings. The molecule has 2 fully saturated rings. The zero-order valence-corrected chi connectivity index (χ0v) is 15.4. The van der Waals surface area contributed by atoms with Crippen molar-refractivity contribution in [3.05, 3.63) is 28.0 Å². The van der Waals surface area contributed by atoms with Crippen LogP contribution in [-0.2, 0) is 10.0 Å². The molecular formula is C14H18Cl3FN2O2S. The lowest BCUT2D eigenvalue weighted by Crippen LogP contribution is -2.38. The van der Waals surface area contributed by atoms with Gasteiger partial charge in [0.2, 0.25) is 10.0 Å². The second kappa shape index (κ2) is 7.02. The molecule has 1 aromatic carbocycles. The highest BCUT2D eigenvalue weighted by Gasteiger charge is 2.44. The fourth-order valence-electron chi connectivity index (χ4n) is 3.58. The Hall–Kier alpha value is -0.110. The van der Waals surface area contributed by atoms with Gasteiger partial charge in [-0.25, -0.2) is 12.8 Å². The molecule has 2 N–H and O–H groups in total. The van der Waals surface area contributed by atoms with Crippen LogP contribution in [0.3, 0.4) is 0 Å². The van der Waals surface area contributed by atoms with Crippen molar-refractivity contribution in [2.75, 3.05) is 13.1 Å². The van der Waals surface area contributed by atoms with Gasteiger partial charge in [0.15, 0.2) is 0 Å². The number of nitrogens with zero attached hydrogens (tertiary/aromatic N) is 1. The first kappa shape index (κ1) is 19.2. The summed E-state index contributed by atoms with van der Waals surface area (Å²) >= 11 is 11.8. The van der Waals surface area contributed by atoms with E-state index >= 15 is 0 Å². The minimum atomic E-state index is -3.85. The molecule has 2 aliphatic rings. The van der Waals surface area contributed by atoms with Crippen LogP contribution >= 0.6 is 35.6 Å². The molecule has 1 saturated carbocycles. The van der Waals surface area contributed by atoms with Crippen molar-refractivity contribution >= 4 is 45.6 Å². The lowest BCUT2D eigenvalue weighted by Gasteiger charge is -2.29. The molecule has 0 spiro atoms. The molecule has 1 heterocycles. The van der Waals surface area contributed by atoms with Gasteiger partial charge in [-0.15, -0.1) is 12.4 Å². The molecular weight excluding hydrogens is 386 g/mol. The summed E-state index contributed by atoms with van der Waals surface area (Å²) in [5.74, 6) is -0.218. The zero-order chi connectivity index (χ0) is 16.1. The molecule has 4 nitrogen and oxygen atoms in total. The topological polar surface area (TPSA) is 63.4 Å². The van der Waals surface area contributed by atoms with E-state index in [0.717, 1.165) is 31.4 Å². The van der Waals surface area contributed by atoms with Crippen molar-refractivity contribution < 1.29 is 12.8 Å². The van der Waals surface area contributed by atoms with Crippen molar-refractivity contribution in [3.8, 4) is 0 Å². The molecule has 3 rings (SSSR count). The van der Waals surface area contributed by atoms with Gasteiger partial charge in [-0.05, 0) is 36.8 Å². The molecule has 0 aromatic heterocycles. The van der Waals surface area contributed by atoms with Crippen molar-refractivity contribution in [2.24, 2.45) is 17.6 Å². The lowest BCUT2D eigenvalue weighted by molar-refractivity contribution is 0.260. The predicted molar refractivity (Wildman–Crippen MR) is 91.2 cm³/mol. The molecule has 23 heavy (non-hydrogen) atoms. The number of halogens is 4. The SMILES string of the molecule is Cl.NC1CCCC2CN(S(=O)(=O)c3c(Cl)cc(F)cc3Cl)CC12. The third kappa shape index (κ3) is 3.48.